The van der Waals surface area contributed by atoms with Gasteiger partial charge in [-0.3, -0.25) is 0 Å². The van der Waals surface area contributed by atoms with E-state index in [1.807, 2.05) is 0 Å². The zero-order valence-corrected chi connectivity index (χ0v) is 14.2. The van der Waals surface area contributed by atoms with Gasteiger partial charge in [-0.1, -0.05) is 38.3 Å². The molecule has 2 aromatic carbocycles. The number of ether oxygens (including phenoxy) is 2. The maximum absolute atomic E-state index is 12.4. The van der Waals surface area contributed by atoms with Crippen molar-refractivity contribution >= 4 is 11.9 Å². The van der Waals surface area contributed by atoms with Gasteiger partial charge in [0.1, 0.15) is 17.1 Å². The van der Waals surface area contributed by atoms with E-state index < -0.39 is 11.9 Å². The quantitative estimate of drug-likeness (QED) is 0.411. The van der Waals surface area contributed by atoms with E-state index in [2.05, 4.69) is 6.92 Å². The lowest BCUT2D eigenvalue weighted by atomic mass is 10.2. The first-order valence-corrected chi connectivity index (χ1v) is 8.39. The molecule has 0 fully saturated rings. The fraction of sp³-hybridized carbons (Fsp3) is 0.300. The number of para-hydroxylation sites is 1. The van der Waals surface area contributed by atoms with Crippen LogP contribution in [-0.4, -0.2) is 23.7 Å². The van der Waals surface area contributed by atoms with Gasteiger partial charge in [-0.25, -0.2) is 9.59 Å². The molecule has 0 saturated heterocycles. The number of esters is 1. The zero-order chi connectivity index (χ0) is 18.1. The first-order chi connectivity index (χ1) is 12.1. The molecule has 2 aromatic rings. The van der Waals surface area contributed by atoms with Gasteiger partial charge in [0.15, 0.2) is 0 Å². The van der Waals surface area contributed by atoms with Crippen molar-refractivity contribution in [3.63, 3.8) is 0 Å². The van der Waals surface area contributed by atoms with Crippen LogP contribution in [0.3, 0.4) is 0 Å². The molecule has 25 heavy (non-hydrogen) atoms. The smallest absolute Gasteiger partial charge is 0.347 e. The van der Waals surface area contributed by atoms with Crippen molar-refractivity contribution in [2.45, 2.75) is 32.6 Å². The highest BCUT2D eigenvalue weighted by Crippen LogP contribution is 2.21. The van der Waals surface area contributed by atoms with Crippen LogP contribution in [0.15, 0.2) is 48.5 Å². The average molecular weight is 342 g/mol. The Morgan fingerprint density at radius 3 is 2.36 bits per heavy atom. The molecule has 0 unspecified atom stereocenters. The highest BCUT2D eigenvalue weighted by atomic mass is 16.5. The Balaban J connectivity index is 2.00. The number of carboxylic acid groups (broad SMARTS) is 1. The summed E-state index contributed by atoms with van der Waals surface area (Å²) in [5.74, 6) is -0.786. The van der Waals surface area contributed by atoms with Crippen LogP contribution in [0.1, 0.15) is 53.3 Å². The van der Waals surface area contributed by atoms with E-state index >= 15 is 0 Å². The molecule has 132 valence electrons. The van der Waals surface area contributed by atoms with E-state index in [1.54, 1.807) is 24.3 Å². The lowest BCUT2D eigenvalue weighted by molar-refractivity contribution is 0.0696. The van der Waals surface area contributed by atoms with Crippen molar-refractivity contribution in [3.05, 3.63) is 59.7 Å². The first-order valence-electron chi connectivity index (χ1n) is 8.39. The Hall–Kier alpha value is -2.82. The molecular weight excluding hydrogens is 320 g/mol. The van der Waals surface area contributed by atoms with Crippen LogP contribution in [-0.2, 0) is 0 Å². The number of aromatic carboxylic acids is 1. The van der Waals surface area contributed by atoms with Crippen LogP contribution in [0.2, 0.25) is 0 Å². The molecule has 0 aliphatic rings. The Labute approximate surface area is 147 Å². The second-order valence-electron chi connectivity index (χ2n) is 5.62. The standard InChI is InChI=1S/C20H22O5/c1-2-3-4-7-14-24-18-9-6-5-8-17(18)20(23)25-16-12-10-15(11-13-16)19(21)22/h5-6,8-13H,2-4,7,14H2,1H3,(H,21,22). The Kier molecular flexibility index (Phi) is 7.01. The van der Waals surface area contributed by atoms with Crippen molar-refractivity contribution in [1.82, 2.24) is 0 Å². The molecule has 0 amide bonds. The fourth-order valence-corrected chi connectivity index (χ4v) is 2.30. The molecule has 0 aromatic heterocycles. The Morgan fingerprint density at radius 1 is 0.960 bits per heavy atom. The lowest BCUT2D eigenvalue weighted by Crippen LogP contribution is -2.11. The van der Waals surface area contributed by atoms with Crippen LogP contribution in [0.5, 0.6) is 11.5 Å². The van der Waals surface area contributed by atoms with Gasteiger partial charge in [-0.05, 0) is 42.8 Å². The number of carbonyl (C=O) groups is 2. The van der Waals surface area contributed by atoms with E-state index in [0.717, 1.165) is 19.3 Å². The molecule has 0 bridgehead atoms. The van der Waals surface area contributed by atoms with Gasteiger partial charge >= 0.3 is 11.9 Å². The second-order valence-corrected chi connectivity index (χ2v) is 5.62. The molecule has 2 rings (SSSR count). The van der Waals surface area contributed by atoms with Gasteiger partial charge in [-0.2, -0.15) is 0 Å². The predicted molar refractivity (Wildman–Crippen MR) is 94.4 cm³/mol. The van der Waals surface area contributed by atoms with Crippen molar-refractivity contribution in [3.8, 4) is 11.5 Å². The van der Waals surface area contributed by atoms with Crippen molar-refractivity contribution < 1.29 is 24.2 Å². The molecular formula is C20H22O5. The van der Waals surface area contributed by atoms with Crippen molar-refractivity contribution in [2.75, 3.05) is 6.61 Å². The van der Waals surface area contributed by atoms with E-state index in [9.17, 15) is 9.59 Å². The Bertz CT molecular complexity index is 706. The zero-order valence-electron chi connectivity index (χ0n) is 14.2. The topological polar surface area (TPSA) is 72.8 Å². The van der Waals surface area contributed by atoms with Crippen LogP contribution >= 0.6 is 0 Å². The molecule has 0 atom stereocenters. The summed E-state index contributed by atoms with van der Waals surface area (Å²) in [6, 6.07) is 12.6. The summed E-state index contributed by atoms with van der Waals surface area (Å²) in [5, 5.41) is 8.88. The van der Waals surface area contributed by atoms with Gasteiger partial charge in [0.05, 0.1) is 12.2 Å². The van der Waals surface area contributed by atoms with Crippen molar-refractivity contribution in [1.29, 1.82) is 0 Å². The Morgan fingerprint density at radius 2 is 1.68 bits per heavy atom. The van der Waals surface area contributed by atoms with Gasteiger partial charge in [-0.15, -0.1) is 0 Å². The SMILES string of the molecule is CCCCCCOc1ccccc1C(=O)Oc1ccc(C(=O)O)cc1. The summed E-state index contributed by atoms with van der Waals surface area (Å²) in [5.41, 5.74) is 0.482. The number of hydrogen-bond donors (Lipinski definition) is 1. The fourth-order valence-electron chi connectivity index (χ4n) is 2.30. The van der Waals surface area contributed by atoms with E-state index in [4.69, 9.17) is 14.6 Å². The second kappa shape index (κ2) is 9.47. The molecule has 0 aliphatic carbocycles. The molecule has 0 radical (unpaired) electrons. The number of carboxylic acids is 1. The molecule has 1 N–H and O–H groups in total. The lowest BCUT2D eigenvalue weighted by Gasteiger charge is -2.11. The van der Waals surface area contributed by atoms with Crippen molar-refractivity contribution in [2.24, 2.45) is 0 Å². The van der Waals surface area contributed by atoms with Crippen LogP contribution in [0.4, 0.5) is 0 Å². The highest BCUT2D eigenvalue weighted by molar-refractivity contribution is 5.94. The molecule has 0 saturated carbocycles. The summed E-state index contributed by atoms with van der Waals surface area (Å²) < 4.78 is 11.0. The van der Waals surface area contributed by atoms with E-state index in [0.29, 0.717) is 17.9 Å². The summed E-state index contributed by atoms with van der Waals surface area (Å²) in [7, 11) is 0. The first kappa shape index (κ1) is 18.5. The third-order valence-corrected chi connectivity index (χ3v) is 3.67. The van der Waals surface area contributed by atoms with Gasteiger partial charge < -0.3 is 14.6 Å². The summed E-state index contributed by atoms with van der Waals surface area (Å²) in [6.45, 7) is 2.70. The molecule has 0 spiro atoms. The third kappa shape index (κ3) is 5.64. The third-order valence-electron chi connectivity index (χ3n) is 3.67. The van der Waals surface area contributed by atoms with Crippen LogP contribution < -0.4 is 9.47 Å². The van der Waals surface area contributed by atoms with E-state index in [-0.39, 0.29) is 11.3 Å². The molecule has 5 heteroatoms. The highest BCUT2D eigenvalue weighted by Gasteiger charge is 2.15. The van der Waals surface area contributed by atoms with E-state index in [1.165, 1.54) is 30.7 Å². The maximum Gasteiger partial charge on any atom is 0.347 e. The number of unbranched alkanes of at least 4 members (excludes halogenated alkanes) is 3. The normalized spacial score (nSPS) is 10.3. The molecule has 5 nitrogen and oxygen atoms in total. The maximum atomic E-state index is 12.4. The number of hydrogen-bond acceptors (Lipinski definition) is 4. The number of carbonyl (C=O) groups excluding carboxylic acids is 1. The van der Waals surface area contributed by atoms with Gasteiger partial charge in [0, 0.05) is 0 Å². The van der Waals surface area contributed by atoms with Crippen LogP contribution in [0.25, 0.3) is 0 Å². The summed E-state index contributed by atoms with van der Waals surface area (Å²) >= 11 is 0. The predicted octanol–water partition coefficient (Wildman–Crippen LogP) is 4.56. The molecule has 0 aliphatic heterocycles. The number of rotatable bonds is 9. The minimum absolute atomic E-state index is 0.135. The number of benzene rings is 2. The van der Waals surface area contributed by atoms with Crippen LogP contribution in [0, 0.1) is 0 Å². The van der Waals surface area contributed by atoms with Gasteiger partial charge in [0.25, 0.3) is 0 Å². The minimum atomic E-state index is -1.03. The average Bonchev–Trinajstić information content (AvgIpc) is 2.62. The molecule has 0 heterocycles. The largest absolute Gasteiger partial charge is 0.493 e. The summed E-state index contributed by atoms with van der Waals surface area (Å²) in [4.78, 5) is 23.2. The summed E-state index contributed by atoms with van der Waals surface area (Å²) in [6.07, 6.45) is 4.36. The van der Waals surface area contributed by atoms with Gasteiger partial charge in [0.2, 0.25) is 0 Å². The minimum Gasteiger partial charge on any atom is -0.493 e. The monoisotopic (exact) mass is 342 g/mol.